The second kappa shape index (κ2) is 5.15. The van der Waals surface area contributed by atoms with Crippen LogP contribution in [0.5, 0.6) is 0 Å². The summed E-state index contributed by atoms with van der Waals surface area (Å²) < 4.78 is 3.44. The van der Waals surface area contributed by atoms with E-state index in [-0.39, 0.29) is 5.69 Å². The highest BCUT2D eigenvalue weighted by Gasteiger charge is 2.14. The van der Waals surface area contributed by atoms with Crippen LogP contribution in [0.15, 0.2) is 30.5 Å². The normalized spacial score (nSPS) is 10.5. The van der Waals surface area contributed by atoms with E-state index in [0.717, 1.165) is 12.8 Å². The van der Waals surface area contributed by atoms with Crippen LogP contribution in [0.2, 0.25) is 5.02 Å². The Balaban J connectivity index is 2.63. The molecule has 0 aliphatic rings. The quantitative estimate of drug-likeness (QED) is 0.670. The number of carboxylic acids is 1. The summed E-state index contributed by atoms with van der Waals surface area (Å²) in [5, 5.41) is 9.77. The number of carbonyl (C=O) groups is 1. The first-order valence-electron chi connectivity index (χ1n) is 4.55. The van der Waals surface area contributed by atoms with Crippen LogP contribution in [0.25, 0.3) is 5.69 Å². The number of carboxylic acid groups (broad SMARTS) is 1. The molecule has 0 spiro atoms. The maximum Gasteiger partial charge on any atom is 0.352 e. The van der Waals surface area contributed by atoms with Crippen molar-refractivity contribution in [2.45, 2.75) is 0 Å². The van der Waals surface area contributed by atoms with Crippen LogP contribution in [0, 0.1) is 7.14 Å². The zero-order valence-electron chi connectivity index (χ0n) is 8.32. The molecule has 0 saturated carbocycles. The Morgan fingerprint density at radius 1 is 1.29 bits per heavy atom. The number of aromatic carboxylic acids is 1. The summed E-state index contributed by atoms with van der Waals surface area (Å²) >= 11 is 10.1. The molecule has 2 aromatic rings. The van der Waals surface area contributed by atoms with Crippen LogP contribution >= 0.6 is 56.8 Å². The molecule has 17 heavy (non-hydrogen) atoms. The van der Waals surface area contributed by atoms with E-state index in [9.17, 15) is 4.79 Å². The zero-order chi connectivity index (χ0) is 12.6. The number of benzene rings is 1. The van der Waals surface area contributed by atoms with Crippen molar-refractivity contribution in [2.24, 2.45) is 0 Å². The van der Waals surface area contributed by atoms with Crippen molar-refractivity contribution >= 4 is 62.8 Å². The standard InChI is InChI=1S/C11H6ClI2NO2/c12-6-1-2-9(8(14)3-6)15-5-7(13)4-10(15)11(16)17/h1-5H,(H,16,17). The van der Waals surface area contributed by atoms with E-state index < -0.39 is 5.97 Å². The Morgan fingerprint density at radius 3 is 2.59 bits per heavy atom. The van der Waals surface area contributed by atoms with E-state index in [1.807, 2.05) is 6.07 Å². The Labute approximate surface area is 130 Å². The van der Waals surface area contributed by atoms with Crippen LogP contribution in [0.3, 0.4) is 0 Å². The Morgan fingerprint density at radius 2 is 2.00 bits per heavy atom. The molecule has 0 radical (unpaired) electrons. The lowest BCUT2D eigenvalue weighted by Crippen LogP contribution is -2.06. The molecule has 0 unspecified atom stereocenters. The monoisotopic (exact) mass is 473 g/mol. The molecule has 0 atom stereocenters. The van der Waals surface area contributed by atoms with Gasteiger partial charge < -0.3 is 9.67 Å². The first-order valence-corrected chi connectivity index (χ1v) is 7.09. The number of halogens is 3. The topological polar surface area (TPSA) is 42.2 Å². The van der Waals surface area contributed by atoms with Crippen molar-refractivity contribution in [1.82, 2.24) is 4.57 Å². The molecule has 1 N–H and O–H groups in total. The smallest absolute Gasteiger partial charge is 0.352 e. The minimum Gasteiger partial charge on any atom is -0.477 e. The molecule has 1 heterocycles. The molecule has 0 fully saturated rings. The van der Waals surface area contributed by atoms with Crippen molar-refractivity contribution in [3.8, 4) is 5.69 Å². The van der Waals surface area contributed by atoms with Crippen molar-refractivity contribution in [1.29, 1.82) is 0 Å². The maximum absolute atomic E-state index is 11.1. The molecule has 3 nitrogen and oxygen atoms in total. The van der Waals surface area contributed by atoms with Gasteiger partial charge in [-0.1, -0.05) is 11.6 Å². The van der Waals surface area contributed by atoms with Crippen LogP contribution in [-0.4, -0.2) is 15.6 Å². The van der Waals surface area contributed by atoms with Crippen molar-refractivity contribution < 1.29 is 9.90 Å². The summed E-state index contributed by atoms with van der Waals surface area (Å²) in [7, 11) is 0. The van der Waals surface area contributed by atoms with Gasteiger partial charge in [0.05, 0.1) is 5.69 Å². The average molecular weight is 473 g/mol. The molecule has 88 valence electrons. The predicted molar refractivity (Wildman–Crippen MR) is 83.2 cm³/mol. The third kappa shape index (κ3) is 2.76. The van der Waals surface area contributed by atoms with Gasteiger partial charge in [-0.25, -0.2) is 4.79 Å². The van der Waals surface area contributed by atoms with E-state index in [4.69, 9.17) is 16.7 Å². The number of hydrogen-bond acceptors (Lipinski definition) is 1. The van der Waals surface area contributed by atoms with Crippen molar-refractivity contribution in [3.63, 3.8) is 0 Å². The van der Waals surface area contributed by atoms with Gasteiger partial charge in [-0.15, -0.1) is 0 Å². The van der Waals surface area contributed by atoms with Gasteiger partial charge in [-0.2, -0.15) is 0 Å². The molecule has 1 aromatic carbocycles. The minimum atomic E-state index is -0.946. The highest BCUT2D eigenvalue weighted by atomic mass is 127. The van der Waals surface area contributed by atoms with Crippen molar-refractivity contribution in [2.75, 3.05) is 0 Å². The molecular weight excluding hydrogens is 467 g/mol. The van der Waals surface area contributed by atoms with Gasteiger partial charge in [0.1, 0.15) is 5.69 Å². The van der Waals surface area contributed by atoms with Gasteiger partial charge in [0.25, 0.3) is 0 Å². The van der Waals surface area contributed by atoms with Gasteiger partial charge in [0, 0.05) is 18.4 Å². The summed E-state index contributed by atoms with van der Waals surface area (Å²) in [6.07, 6.45) is 1.79. The van der Waals surface area contributed by atoms with Crippen molar-refractivity contribution in [3.05, 3.63) is 48.3 Å². The van der Waals surface area contributed by atoms with E-state index in [1.165, 1.54) is 0 Å². The van der Waals surface area contributed by atoms with Crippen LogP contribution in [-0.2, 0) is 0 Å². The summed E-state index contributed by atoms with van der Waals surface area (Å²) in [5.41, 5.74) is 1.06. The van der Waals surface area contributed by atoms with E-state index in [1.54, 1.807) is 29.0 Å². The summed E-state index contributed by atoms with van der Waals surface area (Å²) in [6, 6.07) is 6.99. The number of nitrogens with zero attached hydrogens (tertiary/aromatic N) is 1. The van der Waals surface area contributed by atoms with Gasteiger partial charge >= 0.3 is 5.97 Å². The van der Waals surface area contributed by atoms with Gasteiger partial charge in [-0.3, -0.25) is 0 Å². The molecule has 0 amide bonds. The lowest BCUT2D eigenvalue weighted by atomic mass is 10.3. The fourth-order valence-electron chi connectivity index (χ4n) is 1.47. The number of aromatic nitrogens is 1. The summed E-state index contributed by atoms with van der Waals surface area (Å²) in [5.74, 6) is -0.946. The molecule has 0 aliphatic carbocycles. The molecule has 6 heteroatoms. The molecule has 2 rings (SSSR count). The van der Waals surface area contributed by atoms with E-state index in [2.05, 4.69) is 45.2 Å². The van der Waals surface area contributed by atoms with Crippen LogP contribution in [0.4, 0.5) is 0 Å². The fourth-order valence-corrected chi connectivity index (χ4v) is 3.18. The molecule has 0 aliphatic heterocycles. The number of hydrogen-bond donors (Lipinski definition) is 1. The summed E-state index contributed by atoms with van der Waals surface area (Å²) in [4.78, 5) is 11.1. The van der Waals surface area contributed by atoms with Gasteiger partial charge in [-0.05, 0) is 69.4 Å². The Hall–Kier alpha value is -0.280. The molecule has 0 saturated heterocycles. The predicted octanol–water partition coefficient (Wildman–Crippen LogP) is 4.04. The fraction of sp³-hybridized carbons (Fsp3) is 0. The van der Waals surface area contributed by atoms with Gasteiger partial charge in [0.15, 0.2) is 0 Å². The third-order valence-corrected chi connectivity index (χ3v) is 3.86. The summed E-state index contributed by atoms with van der Waals surface area (Å²) in [6.45, 7) is 0. The second-order valence-electron chi connectivity index (χ2n) is 3.31. The first-order chi connectivity index (χ1) is 7.99. The molecule has 1 aromatic heterocycles. The highest BCUT2D eigenvalue weighted by Crippen LogP contribution is 2.24. The largest absolute Gasteiger partial charge is 0.477 e. The number of rotatable bonds is 2. The average Bonchev–Trinajstić information content (AvgIpc) is 2.60. The lowest BCUT2D eigenvalue weighted by Gasteiger charge is -2.08. The van der Waals surface area contributed by atoms with E-state index >= 15 is 0 Å². The third-order valence-electron chi connectivity index (χ3n) is 2.17. The zero-order valence-corrected chi connectivity index (χ0v) is 13.4. The van der Waals surface area contributed by atoms with Crippen LogP contribution in [0.1, 0.15) is 10.5 Å². The Kier molecular flexibility index (Phi) is 3.99. The Bertz CT molecular complexity index is 595. The molecule has 0 bridgehead atoms. The second-order valence-corrected chi connectivity index (χ2v) is 6.16. The SMILES string of the molecule is O=C(O)c1cc(I)cn1-c1ccc(Cl)cc1I. The van der Waals surface area contributed by atoms with Gasteiger partial charge in [0.2, 0.25) is 0 Å². The maximum atomic E-state index is 11.1. The minimum absolute atomic E-state index is 0.245. The molecular formula is C11H6ClI2NO2. The van der Waals surface area contributed by atoms with E-state index in [0.29, 0.717) is 5.02 Å². The highest BCUT2D eigenvalue weighted by molar-refractivity contribution is 14.1. The van der Waals surface area contributed by atoms with Crippen LogP contribution < -0.4 is 0 Å². The lowest BCUT2D eigenvalue weighted by molar-refractivity contribution is 0.0688. The first kappa shape index (κ1) is 13.2.